The van der Waals surface area contributed by atoms with Gasteiger partial charge in [-0.25, -0.2) is 14.0 Å². The Morgan fingerprint density at radius 3 is 2.67 bits per heavy atom. The summed E-state index contributed by atoms with van der Waals surface area (Å²) in [4.78, 5) is 22.4. The van der Waals surface area contributed by atoms with Crippen LogP contribution in [0.5, 0.6) is 5.75 Å². The highest BCUT2D eigenvalue weighted by molar-refractivity contribution is 5.92. The van der Waals surface area contributed by atoms with Gasteiger partial charge in [0, 0.05) is 24.8 Å². The molecule has 0 aliphatic rings. The number of hydrogen-bond acceptors (Lipinski definition) is 4. The van der Waals surface area contributed by atoms with Crippen molar-refractivity contribution in [1.29, 1.82) is 0 Å². The smallest absolute Gasteiger partial charge is 0.326 e. The summed E-state index contributed by atoms with van der Waals surface area (Å²) in [7, 11) is 0. The molecule has 21 heavy (non-hydrogen) atoms. The fourth-order valence-electron chi connectivity index (χ4n) is 1.56. The van der Waals surface area contributed by atoms with Gasteiger partial charge in [-0.15, -0.1) is 0 Å². The molecule has 0 aliphatic carbocycles. The molecule has 0 saturated carbocycles. The fourth-order valence-corrected chi connectivity index (χ4v) is 1.56. The molecule has 0 spiro atoms. The van der Waals surface area contributed by atoms with Crippen molar-refractivity contribution >= 4 is 17.7 Å². The minimum absolute atomic E-state index is 0.0622. The number of carbonyl (C=O) groups is 2. The Kier molecular flexibility index (Phi) is 6.41. The number of carboxylic acid groups (broad SMARTS) is 1. The number of aliphatic hydroxyl groups is 1. The quantitative estimate of drug-likeness (QED) is 0.605. The van der Waals surface area contributed by atoms with Gasteiger partial charge >= 0.3 is 12.0 Å². The second-order valence-corrected chi connectivity index (χ2v) is 4.08. The average Bonchev–Trinajstić information content (AvgIpc) is 2.41. The Morgan fingerprint density at radius 2 is 2.14 bits per heavy atom. The number of halogens is 1. The maximum atomic E-state index is 13.6. The monoisotopic (exact) mass is 300 g/mol. The molecular weight excluding hydrogens is 283 g/mol. The average molecular weight is 300 g/mol. The van der Waals surface area contributed by atoms with E-state index in [0.717, 1.165) is 6.07 Å². The highest BCUT2D eigenvalue weighted by atomic mass is 19.1. The summed E-state index contributed by atoms with van der Waals surface area (Å²) in [6.07, 6.45) is -0.125. The topological polar surface area (TPSA) is 108 Å². The summed E-state index contributed by atoms with van der Waals surface area (Å²) >= 11 is 0. The molecule has 7 nitrogen and oxygen atoms in total. The van der Waals surface area contributed by atoms with Gasteiger partial charge in [-0.1, -0.05) is 0 Å². The van der Waals surface area contributed by atoms with Gasteiger partial charge in [-0.05, 0) is 19.1 Å². The molecule has 1 rings (SSSR count). The van der Waals surface area contributed by atoms with Gasteiger partial charge in [0.1, 0.15) is 6.04 Å². The molecule has 2 amide bonds. The standard InChI is InChI=1S/C13H17FN2O5/c1-2-21-11-4-3-8(7-9(11)14)15-13(20)16-10(5-6-17)12(18)19/h3-4,7,10,17H,2,5-6H2,1H3,(H,18,19)(H2,15,16,20)/t10-/m1/s1. The second-order valence-electron chi connectivity index (χ2n) is 4.08. The molecule has 1 aromatic rings. The first kappa shape index (κ1) is 16.7. The van der Waals surface area contributed by atoms with E-state index < -0.39 is 23.9 Å². The minimum atomic E-state index is -1.27. The van der Waals surface area contributed by atoms with E-state index >= 15 is 0 Å². The van der Waals surface area contributed by atoms with Gasteiger partial charge in [-0.3, -0.25) is 0 Å². The molecule has 0 heterocycles. The lowest BCUT2D eigenvalue weighted by molar-refractivity contribution is -0.139. The molecule has 0 saturated heterocycles. The Balaban J connectivity index is 2.66. The molecule has 1 aromatic carbocycles. The van der Waals surface area contributed by atoms with E-state index in [2.05, 4.69) is 10.6 Å². The predicted molar refractivity (Wildman–Crippen MR) is 72.9 cm³/mol. The summed E-state index contributed by atoms with van der Waals surface area (Å²) in [6, 6.07) is 1.82. The van der Waals surface area contributed by atoms with Crippen molar-refractivity contribution in [2.75, 3.05) is 18.5 Å². The first-order valence-corrected chi connectivity index (χ1v) is 6.31. The van der Waals surface area contributed by atoms with E-state index in [9.17, 15) is 14.0 Å². The van der Waals surface area contributed by atoms with Gasteiger partial charge < -0.3 is 25.6 Å². The van der Waals surface area contributed by atoms with Gasteiger partial charge in [-0.2, -0.15) is 0 Å². The number of hydrogen-bond donors (Lipinski definition) is 4. The normalized spacial score (nSPS) is 11.6. The van der Waals surface area contributed by atoms with E-state index in [0.29, 0.717) is 6.61 Å². The molecule has 0 aromatic heterocycles. The van der Waals surface area contributed by atoms with Crippen LogP contribution in [0.3, 0.4) is 0 Å². The zero-order chi connectivity index (χ0) is 15.8. The predicted octanol–water partition coefficient (Wildman–Crippen LogP) is 1.18. The third-order valence-corrected chi connectivity index (χ3v) is 2.51. The van der Waals surface area contributed by atoms with E-state index in [4.69, 9.17) is 14.9 Å². The van der Waals surface area contributed by atoms with Gasteiger partial charge in [0.2, 0.25) is 0 Å². The van der Waals surface area contributed by atoms with Gasteiger partial charge in [0.15, 0.2) is 11.6 Å². The lowest BCUT2D eigenvalue weighted by atomic mass is 10.2. The zero-order valence-corrected chi connectivity index (χ0v) is 11.4. The molecule has 4 N–H and O–H groups in total. The van der Waals surface area contributed by atoms with Crippen molar-refractivity contribution in [3.8, 4) is 5.75 Å². The number of anilines is 1. The number of ether oxygens (including phenoxy) is 1. The minimum Gasteiger partial charge on any atom is -0.491 e. The molecule has 1 atom stereocenters. The highest BCUT2D eigenvalue weighted by Gasteiger charge is 2.19. The van der Waals surface area contributed by atoms with E-state index in [1.165, 1.54) is 12.1 Å². The maximum Gasteiger partial charge on any atom is 0.326 e. The van der Waals surface area contributed by atoms with Crippen LogP contribution in [-0.2, 0) is 4.79 Å². The van der Waals surface area contributed by atoms with Crippen molar-refractivity contribution in [3.63, 3.8) is 0 Å². The van der Waals surface area contributed by atoms with Crippen molar-refractivity contribution in [1.82, 2.24) is 5.32 Å². The lowest BCUT2D eigenvalue weighted by Crippen LogP contribution is -2.43. The van der Waals surface area contributed by atoms with Crippen LogP contribution in [0.15, 0.2) is 18.2 Å². The summed E-state index contributed by atoms with van der Waals surface area (Å²) in [5.41, 5.74) is 0.154. The number of rotatable bonds is 7. The van der Waals surface area contributed by atoms with E-state index in [-0.39, 0.29) is 24.5 Å². The van der Waals surface area contributed by atoms with Crippen LogP contribution in [0.1, 0.15) is 13.3 Å². The Hall–Kier alpha value is -2.35. The Labute approximate surface area is 120 Å². The fraction of sp³-hybridized carbons (Fsp3) is 0.385. The van der Waals surface area contributed by atoms with Crippen LogP contribution in [0.2, 0.25) is 0 Å². The van der Waals surface area contributed by atoms with Crippen LogP contribution in [0, 0.1) is 5.82 Å². The molecule has 8 heteroatoms. The SMILES string of the molecule is CCOc1ccc(NC(=O)N[C@H](CCO)C(=O)O)cc1F. The molecule has 0 radical (unpaired) electrons. The van der Waals surface area contributed by atoms with Crippen molar-refractivity contribution < 1.29 is 28.9 Å². The van der Waals surface area contributed by atoms with Crippen molar-refractivity contribution in [3.05, 3.63) is 24.0 Å². The number of aliphatic hydroxyl groups excluding tert-OH is 1. The van der Waals surface area contributed by atoms with Crippen molar-refractivity contribution in [2.24, 2.45) is 0 Å². The van der Waals surface area contributed by atoms with Gasteiger partial charge in [0.25, 0.3) is 0 Å². The Morgan fingerprint density at radius 1 is 1.43 bits per heavy atom. The van der Waals surface area contributed by atoms with Crippen LogP contribution in [0.25, 0.3) is 0 Å². The number of nitrogens with one attached hydrogen (secondary N) is 2. The summed E-state index contributed by atoms with van der Waals surface area (Å²) in [5.74, 6) is -1.84. The van der Waals surface area contributed by atoms with Crippen LogP contribution >= 0.6 is 0 Å². The second kappa shape index (κ2) is 8.05. The molecule has 0 fully saturated rings. The number of aliphatic carboxylic acids is 1. The highest BCUT2D eigenvalue weighted by Crippen LogP contribution is 2.21. The van der Waals surface area contributed by atoms with Crippen LogP contribution < -0.4 is 15.4 Å². The first-order valence-electron chi connectivity index (χ1n) is 6.31. The number of carboxylic acids is 1. The molecule has 0 unspecified atom stereocenters. The van der Waals surface area contributed by atoms with Crippen molar-refractivity contribution in [2.45, 2.75) is 19.4 Å². The zero-order valence-electron chi connectivity index (χ0n) is 11.4. The number of urea groups is 1. The molecular formula is C13H17FN2O5. The number of benzene rings is 1. The van der Waals surface area contributed by atoms with Crippen LogP contribution in [-0.4, -0.2) is 41.5 Å². The lowest BCUT2D eigenvalue weighted by Gasteiger charge is -2.14. The Bertz CT molecular complexity index is 509. The third kappa shape index (κ3) is 5.27. The van der Waals surface area contributed by atoms with E-state index in [1.54, 1.807) is 6.92 Å². The first-order chi connectivity index (χ1) is 9.97. The van der Waals surface area contributed by atoms with E-state index in [1.807, 2.05) is 0 Å². The largest absolute Gasteiger partial charge is 0.491 e. The number of amides is 2. The maximum absolute atomic E-state index is 13.6. The number of carbonyl (C=O) groups excluding carboxylic acids is 1. The van der Waals surface area contributed by atoms with Gasteiger partial charge in [0.05, 0.1) is 6.61 Å². The molecule has 0 aliphatic heterocycles. The third-order valence-electron chi connectivity index (χ3n) is 2.51. The summed E-state index contributed by atoms with van der Waals surface area (Å²) < 4.78 is 18.6. The summed E-state index contributed by atoms with van der Waals surface area (Å²) in [6.45, 7) is 1.65. The molecule has 0 bridgehead atoms. The molecule has 116 valence electrons. The summed E-state index contributed by atoms with van der Waals surface area (Å²) in [5, 5.41) is 22.0. The van der Waals surface area contributed by atoms with Crippen LogP contribution in [0.4, 0.5) is 14.9 Å².